The summed E-state index contributed by atoms with van der Waals surface area (Å²) in [5, 5.41) is 2.67. The van der Waals surface area contributed by atoms with Crippen molar-refractivity contribution in [2.24, 2.45) is 5.92 Å². The van der Waals surface area contributed by atoms with E-state index in [1.807, 2.05) is 11.8 Å². The minimum absolute atomic E-state index is 0.00806. The van der Waals surface area contributed by atoms with E-state index in [1.54, 1.807) is 20.8 Å². The highest BCUT2D eigenvalue weighted by molar-refractivity contribution is 7.99. The van der Waals surface area contributed by atoms with E-state index >= 15 is 0 Å². The fraction of sp³-hybridized carbons (Fsp3) is 0.750. The van der Waals surface area contributed by atoms with Gasteiger partial charge in [0.25, 0.3) is 0 Å². The molecule has 2 aliphatic rings. The smallest absolute Gasteiger partial charge is 0.410 e. The summed E-state index contributed by atoms with van der Waals surface area (Å²) in [5.74, 6) is 1.58. The van der Waals surface area contributed by atoms with Gasteiger partial charge in [0.15, 0.2) is 0 Å². The second-order valence-corrected chi connectivity index (χ2v) is 8.17. The molecule has 2 aliphatic heterocycles. The molecule has 0 aliphatic carbocycles. The highest BCUT2D eigenvalue weighted by atomic mass is 32.2. The maximum Gasteiger partial charge on any atom is 0.410 e. The zero-order valence-corrected chi connectivity index (χ0v) is 14.8. The van der Waals surface area contributed by atoms with Gasteiger partial charge in [0.05, 0.1) is 6.54 Å². The van der Waals surface area contributed by atoms with E-state index < -0.39 is 11.7 Å². The Labute approximate surface area is 141 Å². The van der Waals surface area contributed by atoms with Crippen LogP contribution in [0.4, 0.5) is 9.18 Å². The van der Waals surface area contributed by atoms with Crippen molar-refractivity contribution < 1.29 is 18.7 Å². The van der Waals surface area contributed by atoms with Gasteiger partial charge < -0.3 is 10.1 Å². The van der Waals surface area contributed by atoms with Gasteiger partial charge in [-0.05, 0) is 45.1 Å². The van der Waals surface area contributed by atoms with Crippen molar-refractivity contribution >= 4 is 23.8 Å². The highest BCUT2D eigenvalue weighted by Crippen LogP contribution is 2.24. The molecule has 0 atom stereocenters. The first-order chi connectivity index (χ1) is 10.8. The van der Waals surface area contributed by atoms with Crippen LogP contribution in [-0.2, 0) is 9.53 Å². The molecule has 0 aromatic rings. The zero-order chi connectivity index (χ0) is 17.0. The number of nitrogens with zero attached hydrogens (tertiary/aromatic N) is 1. The number of ether oxygens (including phenoxy) is 1. The molecule has 5 nitrogen and oxygen atoms in total. The van der Waals surface area contributed by atoms with E-state index in [0.29, 0.717) is 5.57 Å². The molecule has 0 aromatic carbocycles. The number of carbonyl (C=O) groups is 2. The van der Waals surface area contributed by atoms with Crippen molar-refractivity contribution in [1.29, 1.82) is 0 Å². The number of thioether (sulfide) groups is 1. The number of hydrogen-bond acceptors (Lipinski definition) is 4. The molecule has 0 aromatic heterocycles. The fourth-order valence-electron chi connectivity index (χ4n) is 2.44. The normalized spacial score (nSPS) is 19.1. The Balaban J connectivity index is 1.74. The average molecular weight is 344 g/mol. The lowest BCUT2D eigenvalue weighted by molar-refractivity contribution is -0.125. The number of carbonyl (C=O) groups excluding carboxylic acids is 2. The van der Waals surface area contributed by atoms with E-state index in [9.17, 15) is 14.0 Å². The van der Waals surface area contributed by atoms with Gasteiger partial charge in [-0.25, -0.2) is 9.18 Å². The number of nitrogens with one attached hydrogen (secondary N) is 1. The molecule has 2 saturated heterocycles. The molecule has 2 amide bonds. The largest absolute Gasteiger partial charge is 0.444 e. The first-order valence-corrected chi connectivity index (χ1v) is 9.11. The molecule has 0 unspecified atom stereocenters. The Kier molecular flexibility index (Phi) is 5.95. The van der Waals surface area contributed by atoms with Gasteiger partial charge in [0.2, 0.25) is 5.91 Å². The van der Waals surface area contributed by atoms with Crippen LogP contribution >= 0.6 is 11.8 Å². The monoisotopic (exact) mass is 344 g/mol. The summed E-state index contributed by atoms with van der Waals surface area (Å²) in [4.78, 5) is 25.2. The lowest BCUT2D eigenvalue weighted by atomic mass is 10.0. The first-order valence-electron chi connectivity index (χ1n) is 7.96. The van der Waals surface area contributed by atoms with E-state index in [4.69, 9.17) is 4.74 Å². The van der Waals surface area contributed by atoms with Crippen LogP contribution in [0.5, 0.6) is 0 Å². The number of hydrogen-bond donors (Lipinski definition) is 1. The van der Waals surface area contributed by atoms with E-state index in [1.165, 1.54) is 4.90 Å². The third-order valence-corrected chi connectivity index (χ3v) is 4.86. The topological polar surface area (TPSA) is 58.6 Å². The minimum atomic E-state index is -0.554. The second-order valence-electron chi connectivity index (χ2n) is 6.95. The molecular weight excluding hydrogens is 319 g/mol. The van der Waals surface area contributed by atoms with Crippen LogP contribution in [0.25, 0.3) is 0 Å². The van der Waals surface area contributed by atoms with Crippen LogP contribution in [0.3, 0.4) is 0 Å². The fourth-order valence-corrected chi connectivity index (χ4v) is 3.54. The summed E-state index contributed by atoms with van der Waals surface area (Å²) < 4.78 is 19.2. The first kappa shape index (κ1) is 18.1. The molecule has 2 fully saturated rings. The molecule has 0 saturated carbocycles. The summed E-state index contributed by atoms with van der Waals surface area (Å²) in [5.41, 5.74) is -0.00296. The molecule has 0 bridgehead atoms. The van der Waals surface area contributed by atoms with Crippen LogP contribution in [-0.4, -0.2) is 53.6 Å². The summed E-state index contributed by atoms with van der Waals surface area (Å²) in [6.07, 6.45) is 1.29. The molecule has 0 spiro atoms. The van der Waals surface area contributed by atoms with E-state index in [2.05, 4.69) is 5.32 Å². The van der Waals surface area contributed by atoms with Crippen molar-refractivity contribution in [3.05, 3.63) is 11.4 Å². The summed E-state index contributed by atoms with van der Waals surface area (Å²) in [6, 6.07) is 0. The highest BCUT2D eigenvalue weighted by Gasteiger charge is 2.32. The van der Waals surface area contributed by atoms with Crippen molar-refractivity contribution in [3.8, 4) is 0 Å². The second kappa shape index (κ2) is 7.55. The molecule has 130 valence electrons. The van der Waals surface area contributed by atoms with Crippen molar-refractivity contribution in [2.75, 3.05) is 31.1 Å². The molecule has 1 N–H and O–H groups in total. The quantitative estimate of drug-likeness (QED) is 0.855. The number of rotatable bonds is 3. The molecule has 0 radical (unpaired) electrons. The van der Waals surface area contributed by atoms with Gasteiger partial charge in [-0.15, -0.1) is 0 Å². The maximum absolute atomic E-state index is 14.0. The Morgan fingerprint density at radius 1 is 1.30 bits per heavy atom. The van der Waals surface area contributed by atoms with Crippen molar-refractivity contribution in [2.45, 2.75) is 39.2 Å². The summed E-state index contributed by atoms with van der Waals surface area (Å²) in [6.45, 7) is 5.76. The van der Waals surface area contributed by atoms with Crippen LogP contribution in [0.15, 0.2) is 11.4 Å². The predicted molar refractivity (Wildman–Crippen MR) is 89.0 cm³/mol. The molecular formula is C16H25FN2O3S. The van der Waals surface area contributed by atoms with Crippen LogP contribution in [0, 0.1) is 5.92 Å². The van der Waals surface area contributed by atoms with E-state index in [0.717, 1.165) is 24.3 Å². The van der Waals surface area contributed by atoms with Crippen molar-refractivity contribution in [1.82, 2.24) is 10.2 Å². The van der Waals surface area contributed by atoms with Gasteiger partial charge in [0, 0.05) is 24.6 Å². The standard InChI is InChI=1S/C16H25FN2O3S/c1-16(2,3)22-15(21)19-9-12(10-19)13(17)8-18-14(20)11-4-6-23-7-5-11/h11H,4-10H2,1-3H3,(H,18,20). The van der Waals surface area contributed by atoms with Crippen LogP contribution in [0.2, 0.25) is 0 Å². The van der Waals surface area contributed by atoms with Gasteiger partial charge >= 0.3 is 6.09 Å². The van der Waals surface area contributed by atoms with Gasteiger partial charge in [0.1, 0.15) is 11.4 Å². The number of amides is 2. The SMILES string of the molecule is CC(C)(C)OC(=O)N1CC(=C(F)CNC(=O)C2CCSCC2)C1. The molecule has 2 rings (SSSR count). The molecule has 2 heterocycles. The lowest BCUT2D eigenvalue weighted by Crippen LogP contribution is -2.47. The third kappa shape index (κ3) is 5.41. The van der Waals surface area contributed by atoms with Crippen LogP contribution < -0.4 is 5.32 Å². The molecule has 7 heteroatoms. The van der Waals surface area contributed by atoms with Gasteiger partial charge in [-0.2, -0.15) is 11.8 Å². The Bertz CT molecular complexity index is 488. The zero-order valence-electron chi connectivity index (χ0n) is 14.0. The number of halogens is 1. The average Bonchev–Trinajstić information content (AvgIpc) is 2.42. The van der Waals surface area contributed by atoms with Gasteiger partial charge in [-0.3, -0.25) is 9.69 Å². The van der Waals surface area contributed by atoms with E-state index in [-0.39, 0.29) is 37.3 Å². The van der Waals surface area contributed by atoms with Crippen LogP contribution in [0.1, 0.15) is 33.6 Å². The number of likely N-dealkylation sites (tertiary alicyclic amines) is 1. The predicted octanol–water partition coefficient (Wildman–Crippen LogP) is 2.72. The van der Waals surface area contributed by atoms with Crippen molar-refractivity contribution in [3.63, 3.8) is 0 Å². The third-order valence-electron chi connectivity index (χ3n) is 3.81. The summed E-state index contributed by atoms with van der Waals surface area (Å²) in [7, 11) is 0. The Morgan fingerprint density at radius 2 is 1.91 bits per heavy atom. The Morgan fingerprint density at radius 3 is 2.48 bits per heavy atom. The molecule has 23 heavy (non-hydrogen) atoms. The summed E-state index contributed by atoms with van der Waals surface area (Å²) >= 11 is 1.85. The lowest BCUT2D eigenvalue weighted by Gasteiger charge is -2.35. The maximum atomic E-state index is 14.0. The Hall–Kier alpha value is -1.24. The van der Waals surface area contributed by atoms with Gasteiger partial charge in [-0.1, -0.05) is 0 Å². The minimum Gasteiger partial charge on any atom is -0.444 e.